The zero-order valence-electron chi connectivity index (χ0n) is 13.5. The third kappa shape index (κ3) is 3.51. The topological polar surface area (TPSA) is 75.3 Å². The number of nitrogens with zero attached hydrogens (tertiary/aromatic N) is 4. The Bertz CT molecular complexity index is 730. The highest BCUT2D eigenvalue weighted by molar-refractivity contribution is 5.90. The van der Waals surface area contributed by atoms with Gasteiger partial charge in [-0.25, -0.2) is 9.37 Å². The number of primary amides is 1. The van der Waals surface area contributed by atoms with Gasteiger partial charge in [-0.05, 0) is 24.6 Å². The number of piperazine rings is 1. The lowest BCUT2D eigenvalue weighted by atomic mass is 10.1. The molecule has 3 rings (SSSR count). The molecule has 1 aliphatic rings. The quantitative estimate of drug-likeness (QED) is 0.922. The number of rotatable bonds is 4. The number of anilines is 1. The molecule has 0 spiro atoms. The van der Waals surface area contributed by atoms with Crippen molar-refractivity contribution >= 4 is 11.7 Å². The molecule has 0 unspecified atom stereocenters. The molecule has 24 heavy (non-hydrogen) atoms. The Morgan fingerprint density at radius 2 is 2.00 bits per heavy atom. The molecular formula is C17H20FN5O. The van der Waals surface area contributed by atoms with E-state index in [-0.39, 0.29) is 17.6 Å². The smallest absolute Gasteiger partial charge is 0.268 e. The van der Waals surface area contributed by atoms with E-state index in [2.05, 4.69) is 26.7 Å². The summed E-state index contributed by atoms with van der Waals surface area (Å²) in [6.07, 6.45) is 3.01. The predicted molar refractivity (Wildman–Crippen MR) is 89.2 cm³/mol. The molecule has 1 fully saturated rings. The van der Waals surface area contributed by atoms with E-state index in [0.717, 1.165) is 31.7 Å². The second-order valence-electron chi connectivity index (χ2n) is 5.88. The van der Waals surface area contributed by atoms with E-state index < -0.39 is 5.91 Å². The van der Waals surface area contributed by atoms with Crippen molar-refractivity contribution in [3.8, 4) is 0 Å². The molecule has 7 heteroatoms. The van der Waals surface area contributed by atoms with E-state index in [1.807, 2.05) is 6.07 Å². The van der Waals surface area contributed by atoms with E-state index in [1.165, 1.54) is 12.3 Å². The second kappa shape index (κ2) is 6.92. The number of carbonyl (C=O) groups is 1. The van der Waals surface area contributed by atoms with Crippen molar-refractivity contribution in [1.82, 2.24) is 14.9 Å². The van der Waals surface area contributed by atoms with Crippen molar-refractivity contribution in [2.45, 2.75) is 13.0 Å². The number of halogens is 1. The van der Waals surface area contributed by atoms with Crippen LogP contribution in [-0.2, 0) is 0 Å². The van der Waals surface area contributed by atoms with Crippen molar-refractivity contribution in [2.24, 2.45) is 5.73 Å². The Hall–Kier alpha value is -2.54. The average molecular weight is 329 g/mol. The molecule has 2 aromatic rings. The van der Waals surface area contributed by atoms with E-state index in [1.54, 1.807) is 18.3 Å². The highest BCUT2D eigenvalue weighted by Gasteiger charge is 2.23. The van der Waals surface area contributed by atoms with Gasteiger partial charge in [0.1, 0.15) is 17.3 Å². The first-order valence-corrected chi connectivity index (χ1v) is 7.91. The van der Waals surface area contributed by atoms with Crippen molar-refractivity contribution in [1.29, 1.82) is 0 Å². The molecule has 1 aromatic carbocycles. The highest BCUT2D eigenvalue weighted by Crippen LogP contribution is 2.23. The van der Waals surface area contributed by atoms with Crippen molar-refractivity contribution in [3.63, 3.8) is 0 Å². The van der Waals surface area contributed by atoms with Crippen LogP contribution in [-0.4, -0.2) is 47.0 Å². The molecule has 0 bridgehead atoms. The van der Waals surface area contributed by atoms with Crippen LogP contribution in [0.2, 0.25) is 0 Å². The lowest BCUT2D eigenvalue weighted by molar-refractivity contribution is 0.0995. The summed E-state index contributed by atoms with van der Waals surface area (Å²) in [7, 11) is 0. The fourth-order valence-electron chi connectivity index (χ4n) is 2.94. The van der Waals surface area contributed by atoms with Gasteiger partial charge in [-0.1, -0.05) is 12.1 Å². The Morgan fingerprint density at radius 3 is 2.67 bits per heavy atom. The van der Waals surface area contributed by atoms with Gasteiger partial charge in [0.2, 0.25) is 0 Å². The monoisotopic (exact) mass is 329 g/mol. The molecule has 6 nitrogen and oxygen atoms in total. The lowest BCUT2D eigenvalue weighted by Crippen LogP contribution is -2.47. The molecule has 0 radical (unpaired) electrons. The van der Waals surface area contributed by atoms with Crippen LogP contribution < -0.4 is 10.6 Å². The number of nitrogens with two attached hydrogens (primary N) is 1. The molecule has 0 aliphatic carbocycles. The van der Waals surface area contributed by atoms with Gasteiger partial charge in [-0.2, -0.15) is 0 Å². The standard InChI is InChI=1S/C17H20FN5O/c1-12(13-3-2-4-14(18)9-13)22-5-7-23(8-6-22)16-11-20-10-15(21-16)17(19)24/h2-4,9-12H,5-8H2,1H3,(H2,19,24)/t12-/m1/s1. The van der Waals surface area contributed by atoms with Crippen molar-refractivity contribution < 1.29 is 9.18 Å². The van der Waals surface area contributed by atoms with Crippen LogP contribution in [0.5, 0.6) is 0 Å². The van der Waals surface area contributed by atoms with Crippen LogP contribution in [0.25, 0.3) is 0 Å². The predicted octanol–water partition coefficient (Wildman–Crippen LogP) is 1.60. The normalized spacial score (nSPS) is 16.8. The first-order valence-electron chi connectivity index (χ1n) is 7.91. The molecule has 1 saturated heterocycles. The summed E-state index contributed by atoms with van der Waals surface area (Å²) < 4.78 is 13.4. The van der Waals surface area contributed by atoms with E-state index in [9.17, 15) is 9.18 Å². The number of hydrogen-bond acceptors (Lipinski definition) is 5. The van der Waals surface area contributed by atoms with Gasteiger partial charge in [0, 0.05) is 32.2 Å². The average Bonchev–Trinajstić information content (AvgIpc) is 2.61. The number of benzene rings is 1. The van der Waals surface area contributed by atoms with Gasteiger partial charge in [0.05, 0.1) is 12.4 Å². The summed E-state index contributed by atoms with van der Waals surface area (Å²) >= 11 is 0. The molecule has 1 atom stereocenters. The summed E-state index contributed by atoms with van der Waals surface area (Å²) in [4.78, 5) is 23.9. The Labute approximate surface area is 140 Å². The maximum absolute atomic E-state index is 13.4. The summed E-state index contributed by atoms with van der Waals surface area (Å²) in [6.45, 7) is 5.24. The van der Waals surface area contributed by atoms with Crippen molar-refractivity contribution in [2.75, 3.05) is 31.1 Å². The summed E-state index contributed by atoms with van der Waals surface area (Å²) in [5.74, 6) is -0.136. The molecule has 1 aliphatic heterocycles. The van der Waals surface area contributed by atoms with Crippen LogP contribution in [0.1, 0.15) is 29.0 Å². The maximum atomic E-state index is 13.4. The summed E-state index contributed by atoms with van der Waals surface area (Å²) in [5.41, 5.74) is 6.39. The first kappa shape index (κ1) is 16.3. The molecule has 2 heterocycles. The lowest BCUT2D eigenvalue weighted by Gasteiger charge is -2.38. The van der Waals surface area contributed by atoms with Gasteiger partial charge in [-0.3, -0.25) is 14.7 Å². The summed E-state index contributed by atoms with van der Waals surface area (Å²) in [5, 5.41) is 0. The second-order valence-corrected chi connectivity index (χ2v) is 5.88. The Morgan fingerprint density at radius 1 is 1.25 bits per heavy atom. The minimum atomic E-state index is -0.581. The van der Waals surface area contributed by atoms with E-state index in [0.29, 0.717) is 5.82 Å². The zero-order chi connectivity index (χ0) is 17.1. The SMILES string of the molecule is C[C@H](c1cccc(F)c1)N1CCN(c2cncc(C(N)=O)n2)CC1. The minimum Gasteiger partial charge on any atom is -0.364 e. The Kier molecular flexibility index (Phi) is 4.71. The number of hydrogen-bond donors (Lipinski definition) is 1. The molecule has 1 aromatic heterocycles. The third-order valence-electron chi connectivity index (χ3n) is 4.39. The van der Waals surface area contributed by atoms with Gasteiger partial charge < -0.3 is 10.6 Å². The maximum Gasteiger partial charge on any atom is 0.268 e. The third-order valence-corrected chi connectivity index (χ3v) is 4.39. The zero-order valence-corrected chi connectivity index (χ0v) is 13.5. The van der Waals surface area contributed by atoms with Crippen LogP contribution in [0, 0.1) is 5.82 Å². The van der Waals surface area contributed by atoms with Crippen molar-refractivity contribution in [3.05, 3.63) is 53.7 Å². The van der Waals surface area contributed by atoms with E-state index in [4.69, 9.17) is 5.73 Å². The van der Waals surface area contributed by atoms with Crippen LogP contribution in [0.15, 0.2) is 36.7 Å². The van der Waals surface area contributed by atoms with Gasteiger partial charge in [0.15, 0.2) is 0 Å². The minimum absolute atomic E-state index is 0.144. The van der Waals surface area contributed by atoms with Crippen LogP contribution >= 0.6 is 0 Å². The number of aromatic nitrogens is 2. The molecular weight excluding hydrogens is 309 g/mol. The van der Waals surface area contributed by atoms with Gasteiger partial charge in [-0.15, -0.1) is 0 Å². The fourth-order valence-corrected chi connectivity index (χ4v) is 2.94. The van der Waals surface area contributed by atoms with E-state index >= 15 is 0 Å². The summed E-state index contributed by atoms with van der Waals surface area (Å²) in [6, 6.07) is 6.87. The highest BCUT2D eigenvalue weighted by atomic mass is 19.1. The molecule has 1 amide bonds. The largest absolute Gasteiger partial charge is 0.364 e. The van der Waals surface area contributed by atoms with Gasteiger partial charge >= 0.3 is 0 Å². The first-order chi connectivity index (χ1) is 11.5. The number of carbonyl (C=O) groups excluding carboxylic acids is 1. The van der Waals surface area contributed by atoms with Gasteiger partial charge in [0.25, 0.3) is 5.91 Å². The fraction of sp³-hybridized carbons (Fsp3) is 0.353. The van der Waals surface area contributed by atoms with Crippen LogP contribution in [0.3, 0.4) is 0 Å². The molecule has 0 saturated carbocycles. The number of amides is 1. The molecule has 126 valence electrons. The molecule has 2 N–H and O–H groups in total. The Balaban J connectivity index is 1.65. The van der Waals surface area contributed by atoms with Crippen LogP contribution in [0.4, 0.5) is 10.2 Å².